The van der Waals surface area contributed by atoms with Crippen LogP contribution in [0.1, 0.15) is 35.6 Å². The van der Waals surface area contributed by atoms with Crippen molar-refractivity contribution in [3.05, 3.63) is 59.2 Å². The summed E-state index contributed by atoms with van der Waals surface area (Å²) in [6, 6.07) is 14.6. The van der Waals surface area contributed by atoms with Crippen molar-refractivity contribution in [2.24, 2.45) is 0 Å². The third kappa shape index (κ3) is 4.08. The lowest BCUT2D eigenvalue weighted by Gasteiger charge is -2.26. The van der Waals surface area contributed by atoms with Gasteiger partial charge in [-0.15, -0.1) is 0 Å². The first kappa shape index (κ1) is 17.9. The predicted octanol–water partition coefficient (Wildman–Crippen LogP) is 3.22. The summed E-state index contributed by atoms with van der Waals surface area (Å²) < 4.78 is 11.3. The van der Waals surface area contributed by atoms with Gasteiger partial charge in [0.2, 0.25) is 5.91 Å². The van der Waals surface area contributed by atoms with Crippen LogP contribution in [0, 0.1) is 6.92 Å². The zero-order valence-corrected chi connectivity index (χ0v) is 15.7. The molecule has 0 spiro atoms. The maximum atomic E-state index is 12.5. The fourth-order valence-electron chi connectivity index (χ4n) is 3.90. The third-order valence-corrected chi connectivity index (χ3v) is 5.40. The maximum absolute atomic E-state index is 12.5. The molecule has 2 aromatic carbocycles. The van der Waals surface area contributed by atoms with E-state index in [0.717, 1.165) is 36.4 Å². The van der Waals surface area contributed by atoms with E-state index in [0.29, 0.717) is 26.3 Å². The van der Waals surface area contributed by atoms with Gasteiger partial charge in [-0.3, -0.25) is 9.69 Å². The van der Waals surface area contributed by atoms with Gasteiger partial charge in [0, 0.05) is 12.6 Å². The SMILES string of the molecule is Cc1ccccc1CNC(=O)CN1CCC[C@H]1c1ccc2c(c1)OCCO2. The Morgan fingerprint density at radius 2 is 1.96 bits per heavy atom. The first-order valence-electron chi connectivity index (χ1n) is 9.65. The van der Waals surface area contributed by atoms with Crippen LogP contribution in [0.15, 0.2) is 42.5 Å². The number of ether oxygens (including phenoxy) is 2. The molecule has 0 bridgehead atoms. The van der Waals surface area contributed by atoms with Crippen LogP contribution in [0.4, 0.5) is 0 Å². The maximum Gasteiger partial charge on any atom is 0.234 e. The number of fused-ring (bicyclic) bond motifs is 1. The van der Waals surface area contributed by atoms with Gasteiger partial charge in [-0.25, -0.2) is 0 Å². The van der Waals surface area contributed by atoms with Crippen molar-refractivity contribution in [1.82, 2.24) is 10.2 Å². The summed E-state index contributed by atoms with van der Waals surface area (Å²) in [6.45, 7) is 5.20. The van der Waals surface area contributed by atoms with Crippen LogP contribution in [-0.2, 0) is 11.3 Å². The molecule has 2 heterocycles. The monoisotopic (exact) mass is 366 g/mol. The quantitative estimate of drug-likeness (QED) is 0.883. The van der Waals surface area contributed by atoms with E-state index >= 15 is 0 Å². The second-order valence-electron chi connectivity index (χ2n) is 7.23. The number of amides is 1. The lowest BCUT2D eigenvalue weighted by Crippen LogP contribution is -2.36. The van der Waals surface area contributed by atoms with Gasteiger partial charge in [-0.2, -0.15) is 0 Å². The van der Waals surface area contributed by atoms with Crippen LogP contribution in [0.3, 0.4) is 0 Å². The Morgan fingerprint density at radius 1 is 1.15 bits per heavy atom. The Balaban J connectivity index is 1.38. The van der Waals surface area contributed by atoms with Crippen LogP contribution < -0.4 is 14.8 Å². The average molecular weight is 366 g/mol. The summed E-state index contributed by atoms with van der Waals surface area (Å²) in [5.74, 6) is 1.70. The van der Waals surface area contributed by atoms with E-state index in [-0.39, 0.29) is 11.9 Å². The molecule has 0 unspecified atom stereocenters. The number of hydrogen-bond donors (Lipinski definition) is 1. The van der Waals surface area contributed by atoms with Gasteiger partial charge in [-0.1, -0.05) is 30.3 Å². The third-order valence-electron chi connectivity index (χ3n) is 5.40. The van der Waals surface area contributed by atoms with Gasteiger partial charge in [0.1, 0.15) is 13.2 Å². The minimum absolute atomic E-state index is 0.0719. The van der Waals surface area contributed by atoms with Gasteiger partial charge in [0.25, 0.3) is 0 Å². The molecule has 0 saturated carbocycles. The summed E-state index contributed by atoms with van der Waals surface area (Å²) in [5.41, 5.74) is 3.56. The summed E-state index contributed by atoms with van der Waals surface area (Å²) in [6.07, 6.45) is 2.16. The summed E-state index contributed by atoms with van der Waals surface area (Å²) >= 11 is 0. The first-order chi connectivity index (χ1) is 13.2. The Labute approximate surface area is 160 Å². The van der Waals surface area contributed by atoms with Gasteiger partial charge < -0.3 is 14.8 Å². The number of rotatable bonds is 5. The molecule has 1 N–H and O–H groups in total. The van der Waals surface area contributed by atoms with Crippen molar-refractivity contribution in [3.63, 3.8) is 0 Å². The van der Waals surface area contributed by atoms with Gasteiger partial charge in [-0.05, 0) is 55.1 Å². The number of hydrogen-bond acceptors (Lipinski definition) is 4. The molecule has 1 fully saturated rings. The number of nitrogens with one attached hydrogen (secondary N) is 1. The van der Waals surface area contributed by atoms with Crippen molar-refractivity contribution < 1.29 is 14.3 Å². The highest BCUT2D eigenvalue weighted by atomic mass is 16.6. The highest BCUT2D eigenvalue weighted by Gasteiger charge is 2.28. The van der Waals surface area contributed by atoms with Crippen LogP contribution in [0.5, 0.6) is 11.5 Å². The molecule has 4 rings (SSSR count). The number of nitrogens with zero attached hydrogens (tertiary/aromatic N) is 1. The number of aryl methyl sites for hydroxylation is 1. The number of carbonyl (C=O) groups excluding carboxylic acids is 1. The second kappa shape index (κ2) is 8.01. The molecule has 2 aliphatic heterocycles. The molecule has 1 amide bonds. The summed E-state index contributed by atoms with van der Waals surface area (Å²) in [7, 11) is 0. The second-order valence-corrected chi connectivity index (χ2v) is 7.23. The van der Waals surface area contributed by atoms with E-state index in [2.05, 4.69) is 41.4 Å². The lowest BCUT2D eigenvalue weighted by atomic mass is 10.0. The normalized spacial score (nSPS) is 19.1. The van der Waals surface area contributed by atoms with Crippen LogP contribution in [0.2, 0.25) is 0 Å². The fourth-order valence-corrected chi connectivity index (χ4v) is 3.90. The smallest absolute Gasteiger partial charge is 0.234 e. The minimum atomic E-state index is 0.0719. The van der Waals surface area contributed by atoms with Crippen molar-refractivity contribution in [3.8, 4) is 11.5 Å². The minimum Gasteiger partial charge on any atom is -0.486 e. The molecule has 142 valence electrons. The number of likely N-dealkylation sites (tertiary alicyclic amines) is 1. The van der Waals surface area contributed by atoms with Crippen LogP contribution >= 0.6 is 0 Å². The molecule has 0 radical (unpaired) electrons. The Kier molecular flexibility index (Phi) is 5.30. The van der Waals surface area contributed by atoms with Gasteiger partial charge >= 0.3 is 0 Å². The van der Waals surface area contributed by atoms with E-state index in [1.165, 1.54) is 11.1 Å². The van der Waals surface area contributed by atoms with Crippen molar-refractivity contribution >= 4 is 5.91 Å². The summed E-state index contributed by atoms with van der Waals surface area (Å²) in [4.78, 5) is 14.8. The van der Waals surface area contributed by atoms with E-state index < -0.39 is 0 Å². The molecular weight excluding hydrogens is 340 g/mol. The Bertz CT molecular complexity index is 821. The number of benzene rings is 2. The van der Waals surface area contributed by atoms with Crippen molar-refractivity contribution in [2.75, 3.05) is 26.3 Å². The molecule has 1 atom stereocenters. The average Bonchev–Trinajstić information content (AvgIpc) is 3.15. The Morgan fingerprint density at radius 3 is 2.81 bits per heavy atom. The van der Waals surface area contributed by atoms with Crippen LogP contribution in [-0.4, -0.2) is 37.1 Å². The fraction of sp³-hybridized carbons (Fsp3) is 0.409. The van der Waals surface area contributed by atoms with Crippen LogP contribution in [0.25, 0.3) is 0 Å². The lowest BCUT2D eigenvalue weighted by molar-refractivity contribution is -0.122. The molecule has 27 heavy (non-hydrogen) atoms. The van der Waals surface area contributed by atoms with E-state index in [1.807, 2.05) is 18.2 Å². The molecular formula is C22H26N2O3. The molecule has 0 aromatic heterocycles. The largest absolute Gasteiger partial charge is 0.486 e. The summed E-state index contributed by atoms with van der Waals surface area (Å²) in [5, 5.41) is 3.06. The highest BCUT2D eigenvalue weighted by Crippen LogP contribution is 2.37. The van der Waals surface area contributed by atoms with E-state index in [1.54, 1.807) is 0 Å². The van der Waals surface area contributed by atoms with E-state index in [9.17, 15) is 4.79 Å². The predicted molar refractivity (Wildman–Crippen MR) is 104 cm³/mol. The molecule has 5 heteroatoms. The Hall–Kier alpha value is -2.53. The molecule has 2 aromatic rings. The molecule has 5 nitrogen and oxygen atoms in total. The molecule has 1 saturated heterocycles. The zero-order valence-electron chi connectivity index (χ0n) is 15.7. The molecule has 2 aliphatic rings. The first-order valence-corrected chi connectivity index (χ1v) is 9.65. The standard InChI is InChI=1S/C22H26N2O3/c1-16-5-2-3-6-18(16)14-23-22(25)15-24-10-4-7-19(24)17-8-9-20-21(13-17)27-12-11-26-20/h2-3,5-6,8-9,13,19H,4,7,10-12,14-15H2,1H3,(H,23,25)/t19-/m0/s1. The van der Waals surface area contributed by atoms with Crippen molar-refractivity contribution in [2.45, 2.75) is 32.4 Å². The highest BCUT2D eigenvalue weighted by molar-refractivity contribution is 5.78. The van der Waals surface area contributed by atoms with E-state index in [4.69, 9.17) is 9.47 Å². The molecule has 0 aliphatic carbocycles. The topological polar surface area (TPSA) is 50.8 Å². The van der Waals surface area contributed by atoms with Crippen molar-refractivity contribution in [1.29, 1.82) is 0 Å². The zero-order chi connectivity index (χ0) is 18.6. The number of carbonyl (C=O) groups is 1. The van der Waals surface area contributed by atoms with Gasteiger partial charge in [0.05, 0.1) is 6.54 Å². The van der Waals surface area contributed by atoms with Gasteiger partial charge in [0.15, 0.2) is 11.5 Å².